The summed E-state index contributed by atoms with van der Waals surface area (Å²) in [4.78, 5) is 8.34. The summed E-state index contributed by atoms with van der Waals surface area (Å²) < 4.78 is 2.14. The highest BCUT2D eigenvalue weighted by Crippen LogP contribution is 2.41. The Morgan fingerprint density at radius 1 is 1.47 bits per heavy atom. The first kappa shape index (κ1) is 9.91. The third-order valence-corrected chi connectivity index (χ3v) is 4.97. The molecule has 2 aliphatic rings. The molecule has 2 fully saturated rings. The molecule has 2 atom stereocenters. The monoisotopic (exact) mass is 248 g/mol. The second kappa shape index (κ2) is 3.46. The SMILES string of the molecule is NCc1c(N2CC3CCC2C3)nc2sccn12. The molecule has 1 saturated heterocycles. The number of aromatic nitrogens is 2. The Morgan fingerprint density at radius 2 is 2.41 bits per heavy atom. The maximum Gasteiger partial charge on any atom is 0.195 e. The van der Waals surface area contributed by atoms with Gasteiger partial charge in [-0.15, -0.1) is 11.3 Å². The first-order valence-corrected chi connectivity index (χ1v) is 7.16. The lowest BCUT2D eigenvalue weighted by Gasteiger charge is -2.27. The highest BCUT2D eigenvalue weighted by molar-refractivity contribution is 7.15. The van der Waals surface area contributed by atoms with Gasteiger partial charge in [0.1, 0.15) is 0 Å². The predicted octanol–water partition coefficient (Wildman–Crippen LogP) is 1.84. The van der Waals surface area contributed by atoms with Crippen LogP contribution in [0.4, 0.5) is 5.82 Å². The van der Waals surface area contributed by atoms with E-state index in [2.05, 4.69) is 20.9 Å². The van der Waals surface area contributed by atoms with E-state index in [0.717, 1.165) is 22.7 Å². The molecule has 3 heterocycles. The fourth-order valence-electron chi connectivity index (χ4n) is 3.42. The summed E-state index contributed by atoms with van der Waals surface area (Å²) in [6, 6.07) is 0.718. The molecule has 1 aliphatic heterocycles. The van der Waals surface area contributed by atoms with Crippen LogP contribution in [0.15, 0.2) is 11.6 Å². The van der Waals surface area contributed by atoms with Crippen molar-refractivity contribution in [2.75, 3.05) is 11.4 Å². The van der Waals surface area contributed by atoms with Crippen LogP contribution in [0.25, 0.3) is 4.96 Å². The summed E-state index contributed by atoms with van der Waals surface area (Å²) in [5.74, 6) is 2.04. The normalized spacial score (nSPS) is 27.5. The fraction of sp³-hybridized carbons (Fsp3) is 0.583. The summed E-state index contributed by atoms with van der Waals surface area (Å²) in [6.07, 6.45) is 6.17. The zero-order chi connectivity index (χ0) is 11.4. The summed E-state index contributed by atoms with van der Waals surface area (Å²) in [7, 11) is 0. The van der Waals surface area contributed by atoms with Crippen molar-refractivity contribution in [2.45, 2.75) is 31.8 Å². The minimum atomic E-state index is 0.571. The van der Waals surface area contributed by atoms with Gasteiger partial charge in [0.15, 0.2) is 10.8 Å². The topological polar surface area (TPSA) is 46.6 Å². The van der Waals surface area contributed by atoms with Crippen LogP contribution in [0.1, 0.15) is 25.0 Å². The second-order valence-electron chi connectivity index (χ2n) is 5.13. The van der Waals surface area contributed by atoms with E-state index in [1.165, 1.54) is 31.5 Å². The number of anilines is 1. The molecule has 2 unspecified atom stereocenters. The third kappa shape index (κ3) is 1.29. The molecule has 4 nitrogen and oxygen atoms in total. The van der Waals surface area contributed by atoms with Gasteiger partial charge < -0.3 is 10.6 Å². The Bertz CT molecular complexity index is 558. The first-order valence-electron chi connectivity index (χ1n) is 6.28. The zero-order valence-electron chi connectivity index (χ0n) is 9.67. The molecule has 5 heteroatoms. The van der Waals surface area contributed by atoms with E-state index in [4.69, 9.17) is 10.7 Å². The smallest absolute Gasteiger partial charge is 0.195 e. The number of imidazole rings is 1. The highest BCUT2D eigenvalue weighted by Gasteiger charge is 2.39. The Hall–Kier alpha value is -1.07. The molecule has 1 aliphatic carbocycles. The van der Waals surface area contributed by atoms with E-state index < -0.39 is 0 Å². The van der Waals surface area contributed by atoms with Crippen molar-refractivity contribution in [1.29, 1.82) is 0 Å². The summed E-state index contributed by atoms with van der Waals surface area (Å²) in [6.45, 7) is 1.75. The molecule has 2 bridgehead atoms. The van der Waals surface area contributed by atoms with Gasteiger partial charge in [0, 0.05) is 30.7 Å². The van der Waals surface area contributed by atoms with Crippen LogP contribution in [0.3, 0.4) is 0 Å². The highest BCUT2D eigenvalue weighted by atomic mass is 32.1. The minimum absolute atomic E-state index is 0.571. The molecule has 2 aromatic rings. The van der Waals surface area contributed by atoms with Gasteiger partial charge in [0.25, 0.3) is 0 Å². The van der Waals surface area contributed by atoms with Crippen molar-refractivity contribution < 1.29 is 0 Å². The molecule has 17 heavy (non-hydrogen) atoms. The van der Waals surface area contributed by atoms with E-state index in [1.54, 1.807) is 11.3 Å². The Labute approximate surface area is 104 Å². The molecule has 2 aromatic heterocycles. The molecule has 0 radical (unpaired) electrons. The number of piperidine rings is 1. The van der Waals surface area contributed by atoms with Gasteiger partial charge >= 0.3 is 0 Å². The quantitative estimate of drug-likeness (QED) is 0.882. The number of thiazole rings is 1. The van der Waals surface area contributed by atoms with E-state index in [-0.39, 0.29) is 0 Å². The van der Waals surface area contributed by atoms with Gasteiger partial charge in [-0.2, -0.15) is 0 Å². The Kier molecular flexibility index (Phi) is 2.02. The Balaban J connectivity index is 1.82. The average molecular weight is 248 g/mol. The van der Waals surface area contributed by atoms with Crippen molar-refractivity contribution in [3.63, 3.8) is 0 Å². The van der Waals surface area contributed by atoms with Crippen molar-refractivity contribution in [3.05, 3.63) is 17.3 Å². The molecule has 1 saturated carbocycles. The fourth-order valence-corrected chi connectivity index (χ4v) is 4.15. The predicted molar refractivity (Wildman–Crippen MR) is 69.4 cm³/mol. The lowest BCUT2D eigenvalue weighted by molar-refractivity contribution is 0.549. The molecule has 90 valence electrons. The molecule has 2 N–H and O–H groups in total. The number of hydrogen-bond donors (Lipinski definition) is 1. The first-order chi connectivity index (χ1) is 8.36. The molecule has 0 aromatic carbocycles. The number of rotatable bonds is 2. The van der Waals surface area contributed by atoms with Crippen LogP contribution >= 0.6 is 11.3 Å². The third-order valence-electron chi connectivity index (χ3n) is 4.21. The van der Waals surface area contributed by atoms with Crippen LogP contribution in [0.5, 0.6) is 0 Å². The number of nitrogens with two attached hydrogens (primary N) is 1. The lowest BCUT2D eigenvalue weighted by atomic mass is 10.1. The second-order valence-corrected chi connectivity index (χ2v) is 6.00. The minimum Gasteiger partial charge on any atom is -0.352 e. The van der Waals surface area contributed by atoms with Gasteiger partial charge in [0.05, 0.1) is 5.69 Å². The van der Waals surface area contributed by atoms with E-state index in [1.807, 2.05) is 0 Å². The van der Waals surface area contributed by atoms with Gasteiger partial charge in [-0.25, -0.2) is 4.98 Å². The van der Waals surface area contributed by atoms with Crippen LogP contribution in [0, 0.1) is 5.92 Å². The zero-order valence-corrected chi connectivity index (χ0v) is 10.5. The van der Waals surface area contributed by atoms with Crippen LogP contribution in [0.2, 0.25) is 0 Å². The molecule has 4 rings (SSSR count). The molecular weight excluding hydrogens is 232 g/mol. The van der Waals surface area contributed by atoms with E-state index >= 15 is 0 Å². The molecule has 0 spiro atoms. The number of hydrogen-bond acceptors (Lipinski definition) is 4. The van der Waals surface area contributed by atoms with Crippen LogP contribution < -0.4 is 10.6 Å². The van der Waals surface area contributed by atoms with Crippen molar-refractivity contribution in [1.82, 2.24) is 9.38 Å². The Morgan fingerprint density at radius 3 is 3.12 bits per heavy atom. The van der Waals surface area contributed by atoms with E-state index in [0.29, 0.717) is 6.54 Å². The standard InChI is InChI=1S/C12H16N4S/c13-6-10-11(14-12-15(10)3-4-17-12)16-7-8-1-2-9(16)5-8/h3-4,8-9H,1-2,5-7,13H2. The maximum absolute atomic E-state index is 5.90. The largest absolute Gasteiger partial charge is 0.352 e. The van der Waals surface area contributed by atoms with Crippen LogP contribution in [-0.4, -0.2) is 22.0 Å². The van der Waals surface area contributed by atoms with E-state index in [9.17, 15) is 0 Å². The lowest BCUT2D eigenvalue weighted by Crippen LogP contribution is -2.33. The van der Waals surface area contributed by atoms with Gasteiger partial charge in [-0.1, -0.05) is 0 Å². The summed E-state index contributed by atoms with van der Waals surface area (Å²) in [5.41, 5.74) is 7.08. The summed E-state index contributed by atoms with van der Waals surface area (Å²) in [5, 5.41) is 2.07. The van der Waals surface area contributed by atoms with Gasteiger partial charge in [-0.3, -0.25) is 4.40 Å². The maximum atomic E-state index is 5.90. The van der Waals surface area contributed by atoms with Gasteiger partial charge in [-0.05, 0) is 25.2 Å². The van der Waals surface area contributed by atoms with Crippen molar-refractivity contribution >= 4 is 22.1 Å². The molecular formula is C12H16N4S. The van der Waals surface area contributed by atoms with Crippen molar-refractivity contribution in [2.24, 2.45) is 11.7 Å². The van der Waals surface area contributed by atoms with Gasteiger partial charge in [0.2, 0.25) is 0 Å². The molecule has 0 amide bonds. The average Bonchev–Trinajstić information content (AvgIpc) is 3.07. The van der Waals surface area contributed by atoms with Crippen molar-refractivity contribution in [3.8, 4) is 0 Å². The van der Waals surface area contributed by atoms with Crippen LogP contribution in [-0.2, 0) is 6.54 Å². The number of fused-ring (bicyclic) bond motifs is 3. The summed E-state index contributed by atoms with van der Waals surface area (Å²) >= 11 is 1.69. The number of nitrogens with zero attached hydrogens (tertiary/aromatic N) is 3.